The Kier molecular flexibility index (Phi) is 5.35. The molecule has 1 atom stereocenters. The highest BCUT2D eigenvalue weighted by Gasteiger charge is 2.29. The minimum absolute atomic E-state index is 0.0233. The quantitative estimate of drug-likeness (QED) is 0.596. The lowest BCUT2D eigenvalue weighted by Crippen LogP contribution is -2.35. The van der Waals surface area contributed by atoms with E-state index in [2.05, 4.69) is 16.1 Å². The molecule has 1 aromatic carbocycles. The van der Waals surface area contributed by atoms with Crippen LogP contribution in [0.5, 0.6) is 0 Å². The van der Waals surface area contributed by atoms with Crippen LogP contribution in [0, 0.1) is 0 Å². The summed E-state index contributed by atoms with van der Waals surface area (Å²) in [6, 6.07) is 8.42. The molecule has 0 bridgehead atoms. The predicted octanol–water partition coefficient (Wildman–Crippen LogP) is 4.21. The van der Waals surface area contributed by atoms with Gasteiger partial charge in [0.1, 0.15) is 11.3 Å². The molecule has 1 unspecified atom stereocenters. The van der Waals surface area contributed by atoms with E-state index in [0.29, 0.717) is 12.0 Å². The molecule has 1 N–H and O–H groups in total. The molecule has 3 aliphatic rings. The van der Waals surface area contributed by atoms with Crippen LogP contribution in [0.1, 0.15) is 43.2 Å². The van der Waals surface area contributed by atoms with Gasteiger partial charge in [0.25, 0.3) is 0 Å². The summed E-state index contributed by atoms with van der Waals surface area (Å²) in [4.78, 5) is 18.3. The Bertz CT molecular complexity index is 1120. The Morgan fingerprint density at radius 1 is 1.03 bits per heavy atom. The highest BCUT2D eigenvalue weighted by molar-refractivity contribution is 8.14. The molecule has 32 heavy (non-hydrogen) atoms. The standard InChI is InChI=1S/C24H29N5O2S/c1-32-15-10-19-21(32)22(25-17-8-13-30-14-9-17)28-24(27-19)29-11-6-16(7-12-29)23-26-18-4-2-3-5-20(18)31-23/h2-5,16-17H,1,6-15H2,(H,25,27,28). The summed E-state index contributed by atoms with van der Waals surface area (Å²) in [5.41, 5.74) is 3.00. The number of oxazole rings is 1. The maximum Gasteiger partial charge on any atom is 0.227 e. The number of hydrogen-bond acceptors (Lipinski definition) is 7. The lowest BCUT2D eigenvalue weighted by Gasteiger charge is -2.31. The number of nitrogens with one attached hydrogen (secondary N) is 1. The third-order valence-corrected chi connectivity index (χ3v) is 8.50. The molecule has 168 valence electrons. The van der Waals surface area contributed by atoms with Crippen molar-refractivity contribution in [3.63, 3.8) is 0 Å². The minimum Gasteiger partial charge on any atom is -0.440 e. The molecular formula is C24H29N5O2S. The number of aromatic nitrogens is 3. The van der Waals surface area contributed by atoms with Gasteiger partial charge in [0.2, 0.25) is 5.95 Å². The third-order valence-electron chi connectivity index (χ3n) is 6.80. The SMILES string of the molecule is C=S1CCc2nc(N3CCC(c4nc5ccccc5o4)CC3)nc(NC3CCOCC3)c21. The molecular weight excluding hydrogens is 422 g/mol. The Balaban J connectivity index is 1.21. The van der Waals surface area contributed by atoms with Crippen LogP contribution in [0.15, 0.2) is 33.6 Å². The number of anilines is 2. The molecule has 3 aliphatic heterocycles. The van der Waals surface area contributed by atoms with Gasteiger partial charge in [-0.3, -0.25) is 0 Å². The highest BCUT2D eigenvalue weighted by atomic mass is 32.2. The van der Waals surface area contributed by atoms with E-state index in [9.17, 15) is 0 Å². The van der Waals surface area contributed by atoms with E-state index in [0.717, 1.165) is 92.9 Å². The minimum atomic E-state index is -0.0233. The van der Waals surface area contributed by atoms with Gasteiger partial charge in [-0.2, -0.15) is 15.5 Å². The van der Waals surface area contributed by atoms with Crippen molar-refractivity contribution < 1.29 is 9.15 Å². The fourth-order valence-electron chi connectivity index (χ4n) is 4.94. The Morgan fingerprint density at radius 3 is 2.66 bits per heavy atom. The van der Waals surface area contributed by atoms with Gasteiger partial charge in [-0.05, 0) is 50.0 Å². The van der Waals surface area contributed by atoms with E-state index in [-0.39, 0.29) is 10.5 Å². The average molecular weight is 452 g/mol. The van der Waals surface area contributed by atoms with Crippen molar-refractivity contribution in [3.8, 4) is 0 Å². The fourth-order valence-corrected chi connectivity index (χ4v) is 6.45. The lowest BCUT2D eigenvalue weighted by molar-refractivity contribution is 0.0903. The summed E-state index contributed by atoms with van der Waals surface area (Å²) in [7, 11) is -0.0233. The normalized spacial score (nSPS) is 22.4. The number of rotatable bonds is 4. The number of nitrogens with zero attached hydrogens (tertiary/aromatic N) is 4. The van der Waals surface area contributed by atoms with Crippen LogP contribution >= 0.6 is 10.5 Å². The summed E-state index contributed by atoms with van der Waals surface area (Å²) in [6.07, 6.45) is 5.04. The van der Waals surface area contributed by atoms with Crippen molar-refractivity contribution >= 4 is 39.2 Å². The number of fused-ring (bicyclic) bond motifs is 2. The predicted molar refractivity (Wildman–Crippen MR) is 129 cm³/mol. The summed E-state index contributed by atoms with van der Waals surface area (Å²) < 4.78 is 11.6. The molecule has 0 saturated carbocycles. The molecule has 8 heteroatoms. The second kappa shape index (κ2) is 8.48. The monoisotopic (exact) mass is 451 g/mol. The molecule has 2 saturated heterocycles. The first kappa shape index (κ1) is 20.2. The molecule has 5 heterocycles. The highest BCUT2D eigenvalue weighted by Crippen LogP contribution is 2.42. The summed E-state index contributed by atoms with van der Waals surface area (Å²) in [5, 5.41) is 3.72. The van der Waals surface area contributed by atoms with Crippen LogP contribution in [0.25, 0.3) is 11.1 Å². The first-order valence-corrected chi connectivity index (χ1v) is 13.2. The number of ether oxygens (including phenoxy) is 1. The summed E-state index contributed by atoms with van der Waals surface area (Å²) in [6.45, 7) is 3.46. The number of para-hydroxylation sites is 2. The molecule has 7 nitrogen and oxygen atoms in total. The van der Waals surface area contributed by atoms with Crippen LogP contribution in [0.3, 0.4) is 0 Å². The smallest absolute Gasteiger partial charge is 0.227 e. The van der Waals surface area contributed by atoms with E-state index < -0.39 is 0 Å². The molecule has 0 amide bonds. The molecule has 0 aliphatic carbocycles. The van der Waals surface area contributed by atoms with Gasteiger partial charge >= 0.3 is 0 Å². The van der Waals surface area contributed by atoms with Gasteiger partial charge < -0.3 is 19.4 Å². The van der Waals surface area contributed by atoms with Crippen LogP contribution in [-0.4, -0.2) is 58.9 Å². The maximum atomic E-state index is 6.04. The topological polar surface area (TPSA) is 76.3 Å². The fraction of sp³-hybridized carbons (Fsp3) is 0.500. The Hall–Kier alpha value is -2.45. The van der Waals surface area contributed by atoms with E-state index in [1.54, 1.807) is 0 Å². The van der Waals surface area contributed by atoms with Gasteiger partial charge in [0.05, 0.1) is 10.6 Å². The number of benzene rings is 1. The summed E-state index contributed by atoms with van der Waals surface area (Å²) in [5.74, 6) is 8.54. The van der Waals surface area contributed by atoms with Crippen molar-refractivity contribution in [1.29, 1.82) is 0 Å². The lowest BCUT2D eigenvalue weighted by atomic mass is 9.97. The van der Waals surface area contributed by atoms with E-state index in [1.165, 1.54) is 10.6 Å². The molecule has 3 aromatic rings. The van der Waals surface area contributed by atoms with E-state index >= 15 is 0 Å². The van der Waals surface area contributed by atoms with Gasteiger partial charge in [-0.1, -0.05) is 18.0 Å². The first-order chi connectivity index (χ1) is 15.7. The zero-order valence-corrected chi connectivity index (χ0v) is 19.1. The zero-order valence-electron chi connectivity index (χ0n) is 18.3. The number of hydrogen-bond donors (Lipinski definition) is 1. The molecule has 0 radical (unpaired) electrons. The van der Waals surface area contributed by atoms with Crippen molar-refractivity contribution in [1.82, 2.24) is 15.0 Å². The van der Waals surface area contributed by atoms with Gasteiger partial charge in [0.15, 0.2) is 11.5 Å². The average Bonchev–Trinajstić information content (AvgIpc) is 3.44. The van der Waals surface area contributed by atoms with Crippen LogP contribution < -0.4 is 10.2 Å². The second-order valence-electron chi connectivity index (χ2n) is 8.91. The first-order valence-electron chi connectivity index (χ1n) is 11.6. The number of aryl methyl sites for hydroxylation is 1. The molecule has 6 rings (SSSR count). The Morgan fingerprint density at radius 2 is 1.84 bits per heavy atom. The third kappa shape index (κ3) is 3.79. The van der Waals surface area contributed by atoms with Crippen LogP contribution in [0.4, 0.5) is 11.8 Å². The van der Waals surface area contributed by atoms with Crippen molar-refractivity contribution in [3.05, 3.63) is 35.9 Å². The maximum absolute atomic E-state index is 6.04. The second-order valence-corrected chi connectivity index (χ2v) is 10.7. The largest absolute Gasteiger partial charge is 0.440 e. The van der Waals surface area contributed by atoms with Crippen molar-refractivity contribution in [2.45, 2.75) is 49.0 Å². The van der Waals surface area contributed by atoms with E-state index in [4.69, 9.17) is 24.1 Å². The van der Waals surface area contributed by atoms with E-state index in [1.807, 2.05) is 24.3 Å². The summed E-state index contributed by atoms with van der Waals surface area (Å²) >= 11 is 0. The zero-order chi connectivity index (χ0) is 21.5. The Labute approximate surface area is 190 Å². The molecule has 2 aromatic heterocycles. The van der Waals surface area contributed by atoms with Gasteiger partial charge in [0, 0.05) is 38.3 Å². The van der Waals surface area contributed by atoms with Crippen molar-refractivity contribution in [2.75, 3.05) is 42.3 Å². The van der Waals surface area contributed by atoms with Crippen molar-refractivity contribution in [2.24, 2.45) is 0 Å². The molecule has 2 fully saturated rings. The van der Waals surface area contributed by atoms with Crippen LogP contribution in [-0.2, 0) is 11.2 Å². The van der Waals surface area contributed by atoms with Crippen LogP contribution in [0.2, 0.25) is 0 Å². The molecule has 0 spiro atoms. The van der Waals surface area contributed by atoms with Gasteiger partial charge in [-0.25, -0.2) is 9.97 Å². The number of piperidine rings is 1. The van der Waals surface area contributed by atoms with Gasteiger partial charge in [-0.15, -0.1) is 0 Å².